The summed E-state index contributed by atoms with van der Waals surface area (Å²) < 4.78 is 0. The molecule has 1 aliphatic carbocycles. The molecule has 0 saturated heterocycles. The van der Waals surface area contributed by atoms with Crippen molar-refractivity contribution in [3.63, 3.8) is 0 Å². The number of phenols is 1. The molecule has 5 N–H and O–H groups in total. The minimum Gasteiger partial charge on any atom is -0.506 e. The van der Waals surface area contributed by atoms with Gasteiger partial charge in [-0.25, -0.2) is 5.43 Å². The maximum absolute atomic E-state index is 9.53. The minimum absolute atomic E-state index is 0.0652. The Morgan fingerprint density at radius 2 is 2.00 bits per heavy atom. The van der Waals surface area contributed by atoms with E-state index < -0.39 is 0 Å². The Balaban J connectivity index is 1.98. The molecule has 1 aromatic carbocycles. The molecule has 0 bridgehead atoms. The monoisotopic (exact) mass is 216 g/mol. The highest BCUT2D eigenvalue weighted by atomic mass is 16.3. The molecule has 0 aromatic heterocycles. The second kappa shape index (κ2) is 4.63. The second-order valence-corrected chi connectivity index (χ2v) is 3.51. The van der Waals surface area contributed by atoms with E-state index in [4.69, 9.17) is 5.41 Å². The van der Waals surface area contributed by atoms with Gasteiger partial charge in [-0.3, -0.25) is 5.41 Å². The molecule has 1 unspecified atom stereocenters. The van der Waals surface area contributed by atoms with E-state index in [0.717, 1.165) is 5.71 Å². The first kappa shape index (κ1) is 10.4. The van der Waals surface area contributed by atoms with Crippen molar-refractivity contribution in [3.8, 4) is 5.75 Å². The van der Waals surface area contributed by atoms with Crippen LogP contribution in [0.1, 0.15) is 0 Å². The van der Waals surface area contributed by atoms with E-state index in [1.165, 1.54) is 0 Å². The molecule has 4 nitrogen and oxygen atoms in total. The maximum Gasteiger partial charge on any atom is 0.195 e. The SMILES string of the molecule is [NH2+]=C1C=CC=CC1NNc1ccccc1O. The molecule has 0 spiro atoms. The van der Waals surface area contributed by atoms with Crippen molar-refractivity contribution in [2.75, 3.05) is 5.43 Å². The van der Waals surface area contributed by atoms with E-state index in [2.05, 4.69) is 10.9 Å². The van der Waals surface area contributed by atoms with Gasteiger partial charge in [-0.05, 0) is 12.1 Å². The van der Waals surface area contributed by atoms with Crippen molar-refractivity contribution in [2.45, 2.75) is 6.04 Å². The fraction of sp³-hybridized carbons (Fsp3) is 0.0833. The number of hydrazine groups is 1. The largest absolute Gasteiger partial charge is 0.506 e. The Kier molecular flexibility index (Phi) is 3.03. The first-order valence-electron chi connectivity index (χ1n) is 5.04. The zero-order valence-electron chi connectivity index (χ0n) is 8.72. The van der Waals surface area contributed by atoms with Gasteiger partial charge in [0.2, 0.25) is 0 Å². The molecular formula is C12H14N3O+. The second-order valence-electron chi connectivity index (χ2n) is 3.51. The third-order valence-electron chi connectivity index (χ3n) is 2.33. The van der Waals surface area contributed by atoms with Gasteiger partial charge >= 0.3 is 0 Å². The summed E-state index contributed by atoms with van der Waals surface area (Å²) in [7, 11) is 0. The van der Waals surface area contributed by atoms with Crippen molar-refractivity contribution in [2.24, 2.45) is 0 Å². The third kappa shape index (κ3) is 2.29. The van der Waals surface area contributed by atoms with Gasteiger partial charge in [0.15, 0.2) is 5.71 Å². The summed E-state index contributed by atoms with van der Waals surface area (Å²) in [5.41, 5.74) is 7.30. The molecule has 1 atom stereocenters. The lowest BCUT2D eigenvalue weighted by atomic mass is 10.1. The Bertz CT molecular complexity index is 451. The number of benzene rings is 1. The summed E-state index contributed by atoms with van der Waals surface area (Å²) in [6.45, 7) is 0. The summed E-state index contributed by atoms with van der Waals surface area (Å²) in [6.07, 6.45) is 7.57. The Morgan fingerprint density at radius 3 is 2.75 bits per heavy atom. The van der Waals surface area contributed by atoms with Crippen LogP contribution in [0, 0.1) is 0 Å². The average molecular weight is 216 g/mol. The van der Waals surface area contributed by atoms with Crippen LogP contribution in [-0.2, 0) is 0 Å². The predicted octanol–water partition coefficient (Wildman–Crippen LogP) is 0.00340. The van der Waals surface area contributed by atoms with Crippen LogP contribution in [0.5, 0.6) is 5.75 Å². The Labute approximate surface area is 93.8 Å². The molecule has 16 heavy (non-hydrogen) atoms. The molecular weight excluding hydrogens is 202 g/mol. The topological polar surface area (TPSA) is 69.9 Å². The molecule has 0 heterocycles. The van der Waals surface area contributed by atoms with Crippen LogP contribution in [0.25, 0.3) is 0 Å². The van der Waals surface area contributed by atoms with E-state index in [9.17, 15) is 5.11 Å². The van der Waals surface area contributed by atoms with Crippen molar-refractivity contribution in [1.29, 1.82) is 0 Å². The lowest BCUT2D eigenvalue weighted by Crippen LogP contribution is -2.52. The number of nitrogens with one attached hydrogen (secondary N) is 2. The third-order valence-corrected chi connectivity index (χ3v) is 2.33. The highest BCUT2D eigenvalue weighted by Gasteiger charge is 2.15. The summed E-state index contributed by atoms with van der Waals surface area (Å²) >= 11 is 0. The summed E-state index contributed by atoms with van der Waals surface area (Å²) in [5.74, 6) is 0.198. The van der Waals surface area contributed by atoms with Crippen molar-refractivity contribution in [1.82, 2.24) is 5.43 Å². The fourth-order valence-corrected chi connectivity index (χ4v) is 1.42. The van der Waals surface area contributed by atoms with Gasteiger partial charge in [0.25, 0.3) is 0 Å². The highest BCUT2D eigenvalue weighted by Crippen LogP contribution is 2.20. The number of hydrogen-bond donors (Lipinski definition) is 4. The number of allylic oxidation sites excluding steroid dienone is 2. The number of aromatic hydroxyl groups is 1. The smallest absolute Gasteiger partial charge is 0.195 e. The van der Waals surface area contributed by atoms with Crippen LogP contribution in [0.15, 0.2) is 48.6 Å². The van der Waals surface area contributed by atoms with Gasteiger partial charge < -0.3 is 10.5 Å². The average Bonchev–Trinajstić information content (AvgIpc) is 2.30. The molecule has 2 rings (SSSR count). The first-order chi connectivity index (χ1) is 7.77. The van der Waals surface area contributed by atoms with E-state index >= 15 is 0 Å². The minimum atomic E-state index is -0.0652. The number of phenolic OH excluding ortho intramolecular Hbond substituents is 1. The first-order valence-corrected chi connectivity index (χ1v) is 5.04. The molecule has 0 amide bonds. The van der Waals surface area contributed by atoms with Crippen LogP contribution < -0.4 is 16.3 Å². The Morgan fingerprint density at radius 1 is 1.19 bits per heavy atom. The van der Waals surface area contributed by atoms with E-state index in [1.807, 2.05) is 30.4 Å². The number of hydrogen-bond acceptors (Lipinski definition) is 3. The van der Waals surface area contributed by atoms with Crippen molar-refractivity contribution in [3.05, 3.63) is 48.6 Å². The van der Waals surface area contributed by atoms with E-state index in [1.54, 1.807) is 18.2 Å². The Hall–Kier alpha value is -2.07. The maximum atomic E-state index is 9.53. The summed E-state index contributed by atoms with van der Waals surface area (Å²) in [4.78, 5) is 0. The fourth-order valence-electron chi connectivity index (χ4n) is 1.42. The number of nitrogens with two attached hydrogens (primary N) is 1. The molecule has 0 aliphatic heterocycles. The van der Waals surface area contributed by atoms with Gasteiger partial charge in [0.05, 0.1) is 5.69 Å². The molecule has 0 fully saturated rings. The van der Waals surface area contributed by atoms with Gasteiger partial charge in [0.1, 0.15) is 11.8 Å². The number of rotatable bonds is 3. The molecule has 0 radical (unpaired) electrons. The van der Waals surface area contributed by atoms with Crippen molar-refractivity contribution < 1.29 is 10.5 Å². The quantitative estimate of drug-likeness (QED) is 0.425. The highest BCUT2D eigenvalue weighted by molar-refractivity contribution is 5.97. The van der Waals surface area contributed by atoms with Gasteiger partial charge in [0, 0.05) is 6.08 Å². The van der Waals surface area contributed by atoms with Gasteiger partial charge in [-0.1, -0.05) is 30.4 Å². The lowest BCUT2D eigenvalue weighted by molar-refractivity contribution is -0.115. The molecule has 1 aliphatic rings. The van der Waals surface area contributed by atoms with Crippen LogP contribution in [0.4, 0.5) is 5.69 Å². The van der Waals surface area contributed by atoms with E-state index in [0.29, 0.717) is 5.69 Å². The molecule has 1 aromatic rings. The lowest BCUT2D eigenvalue weighted by Gasteiger charge is -2.15. The standard InChI is InChI=1S/C12H13N3O/c13-9-5-1-2-6-10(9)14-15-11-7-3-4-8-12(11)16/h1-8,10,13-16H/p+1. The zero-order chi connectivity index (χ0) is 11.4. The van der Waals surface area contributed by atoms with Crippen LogP contribution in [-0.4, -0.2) is 16.9 Å². The predicted molar refractivity (Wildman–Crippen MR) is 63.9 cm³/mol. The van der Waals surface area contributed by atoms with Crippen LogP contribution in [0.2, 0.25) is 0 Å². The number of para-hydroxylation sites is 2. The molecule has 82 valence electrons. The summed E-state index contributed by atoms with van der Waals surface area (Å²) in [6, 6.07) is 6.94. The number of anilines is 1. The normalized spacial score (nSPS) is 18.8. The summed E-state index contributed by atoms with van der Waals surface area (Å²) in [5, 5.41) is 15.3. The van der Waals surface area contributed by atoms with Crippen molar-refractivity contribution >= 4 is 11.4 Å². The van der Waals surface area contributed by atoms with E-state index in [-0.39, 0.29) is 11.8 Å². The molecule has 4 heteroatoms. The van der Waals surface area contributed by atoms with Gasteiger partial charge in [-0.2, -0.15) is 0 Å². The van der Waals surface area contributed by atoms with Crippen LogP contribution in [0.3, 0.4) is 0 Å². The van der Waals surface area contributed by atoms with Gasteiger partial charge in [-0.15, -0.1) is 0 Å². The van der Waals surface area contributed by atoms with Crippen LogP contribution >= 0.6 is 0 Å². The molecule has 0 saturated carbocycles. The zero-order valence-corrected chi connectivity index (χ0v) is 8.72.